The summed E-state index contributed by atoms with van der Waals surface area (Å²) < 4.78 is 0. The predicted molar refractivity (Wildman–Crippen MR) is 90.2 cm³/mol. The summed E-state index contributed by atoms with van der Waals surface area (Å²) in [5, 5.41) is 12.4. The molecule has 2 N–H and O–H groups in total. The Morgan fingerprint density at radius 2 is 1.73 bits per heavy atom. The molecule has 22 heavy (non-hydrogen) atoms. The highest BCUT2D eigenvalue weighted by Gasteiger charge is 2.17. The Hall–Kier alpha value is -2.29. The molecule has 0 aliphatic rings. The van der Waals surface area contributed by atoms with Crippen molar-refractivity contribution in [1.82, 2.24) is 0 Å². The van der Waals surface area contributed by atoms with Crippen molar-refractivity contribution in [1.29, 1.82) is 0 Å². The SMILES string of the molecule is CCC(C)(C)c1ccc(CC(=O)Nc2ccccc2O)cc1. The Morgan fingerprint density at radius 1 is 1.09 bits per heavy atom. The van der Waals surface area contributed by atoms with Gasteiger partial charge in [0.05, 0.1) is 12.1 Å². The van der Waals surface area contributed by atoms with Crippen molar-refractivity contribution in [3.8, 4) is 5.75 Å². The van der Waals surface area contributed by atoms with E-state index in [0.717, 1.165) is 12.0 Å². The van der Waals surface area contributed by atoms with Gasteiger partial charge < -0.3 is 10.4 Å². The number of hydrogen-bond donors (Lipinski definition) is 2. The van der Waals surface area contributed by atoms with E-state index in [1.165, 1.54) is 5.56 Å². The summed E-state index contributed by atoms with van der Waals surface area (Å²) in [5.74, 6) is -0.0557. The number of benzene rings is 2. The van der Waals surface area contributed by atoms with Crippen LogP contribution in [-0.4, -0.2) is 11.0 Å². The van der Waals surface area contributed by atoms with Crippen LogP contribution >= 0.6 is 0 Å². The number of anilines is 1. The van der Waals surface area contributed by atoms with Gasteiger partial charge in [0.2, 0.25) is 5.91 Å². The molecule has 0 aliphatic carbocycles. The van der Waals surface area contributed by atoms with Crippen LogP contribution in [-0.2, 0) is 16.6 Å². The van der Waals surface area contributed by atoms with Gasteiger partial charge in [-0.25, -0.2) is 0 Å². The van der Waals surface area contributed by atoms with Crippen molar-refractivity contribution in [2.45, 2.75) is 39.0 Å². The minimum atomic E-state index is -0.135. The lowest BCUT2D eigenvalue weighted by Gasteiger charge is -2.23. The third-order valence-corrected chi connectivity index (χ3v) is 4.16. The Bertz CT molecular complexity index is 645. The Labute approximate surface area is 132 Å². The van der Waals surface area contributed by atoms with Gasteiger partial charge in [0, 0.05) is 0 Å². The maximum Gasteiger partial charge on any atom is 0.228 e. The van der Waals surface area contributed by atoms with E-state index in [4.69, 9.17) is 0 Å². The maximum absolute atomic E-state index is 12.0. The molecule has 0 radical (unpaired) electrons. The third-order valence-electron chi connectivity index (χ3n) is 4.16. The van der Waals surface area contributed by atoms with Crippen molar-refractivity contribution in [3.63, 3.8) is 0 Å². The highest BCUT2D eigenvalue weighted by atomic mass is 16.3. The molecule has 0 saturated heterocycles. The molecule has 0 aliphatic heterocycles. The molecule has 0 fully saturated rings. The first kappa shape index (κ1) is 16.1. The van der Waals surface area contributed by atoms with Crippen molar-refractivity contribution >= 4 is 11.6 Å². The molecule has 0 spiro atoms. The minimum Gasteiger partial charge on any atom is -0.506 e. The van der Waals surface area contributed by atoms with Crippen LogP contribution in [0.4, 0.5) is 5.69 Å². The molecule has 1 amide bonds. The van der Waals surface area contributed by atoms with Crippen molar-refractivity contribution in [3.05, 3.63) is 59.7 Å². The number of hydrogen-bond acceptors (Lipinski definition) is 2. The largest absolute Gasteiger partial charge is 0.506 e. The van der Waals surface area contributed by atoms with Gasteiger partial charge in [0.1, 0.15) is 5.75 Å². The number of rotatable bonds is 5. The predicted octanol–water partition coefficient (Wildman–Crippen LogP) is 4.26. The summed E-state index contributed by atoms with van der Waals surface area (Å²) in [6.07, 6.45) is 1.36. The molecule has 2 aromatic rings. The number of amides is 1. The summed E-state index contributed by atoms with van der Waals surface area (Å²) in [6, 6.07) is 14.9. The van der Waals surface area contributed by atoms with Gasteiger partial charge in [0.15, 0.2) is 0 Å². The average molecular weight is 297 g/mol. The van der Waals surface area contributed by atoms with Gasteiger partial charge in [-0.15, -0.1) is 0 Å². The average Bonchev–Trinajstić information content (AvgIpc) is 2.50. The molecule has 3 heteroatoms. The van der Waals surface area contributed by atoms with E-state index in [1.54, 1.807) is 24.3 Å². The van der Waals surface area contributed by atoms with Crippen LogP contribution in [0.3, 0.4) is 0 Å². The highest BCUT2D eigenvalue weighted by molar-refractivity contribution is 5.93. The zero-order valence-electron chi connectivity index (χ0n) is 13.4. The Balaban J connectivity index is 2.02. The van der Waals surface area contributed by atoms with E-state index in [9.17, 15) is 9.90 Å². The number of aromatic hydroxyl groups is 1. The number of phenolic OH excluding ortho intramolecular Hbond substituents is 1. The molecule has 0 bridgehead atoms. The van der Waals surface area contributed by atoms with Crippen LogP contribution in [0.15, 0.2) is 48.5 Å². The first-order chi connectivity index (χ1) is 10.4. The van der Waals surface area contributed by atoms with Crippen molar-refractivity contribution in [2.24, 2.45) is 0 Å². The van der Waals surface area contributed by atoms with E-state index in [-0.39, 0.29) is 17.1 Å². The third kappa shape index (κ3) is 3.88. The van der Waals surface area contributed by atoms with Crippen LogP contribution < -0.4 is 5.32 Å². The lowest BCUT2D eigenvalue weighted by molar-refractivity contribution is -0.115. The fourth-order valence-corrected chi connectivity index (χ4v) is 2.24. The van der Waals surface area contributed by atoms with Crippen LogP contribution in [0, 0.1) is 0 Å². The topological polar surface area (TPSA) is 49.3 Å². The second-order valence-corrected chi connectivity index (χ2v) is 6.18. The van der Waals surface area contributed by atoms with E-state index in [2.05, 4.69) is 38.2 Å². The van der Waals surface area contributed by atoms with Gasteiger partial charge in [-0.1, -0.05) is 57.2 Å². The highest BCUT2D eigenvalue weighted by Crippen LogP contribution is 2.27. The number of phenols is 1. The van der Waals surface area contributed by atoms with Gasteiger partial charge in [0.25, 0.3) is 0 Å². The molecular weight excluding hydrogens is 274 g/mol. The summed E-state index contributed by atoms with van der Waals surface area (Å²) in [5.41, 5.74) is 2.83. The second kappa shape index (κ2) is 6.65. The molecule has 2 aromatic carbocycles. The Kier molecular flexibility index (Phi) is 4.86. The van der Waals surface area contributed by atoms with E-state index >= 15 is 0 Å². The normalized spacial score (nSPS) is 11.2. The molecule has 0 heterocycles. The smallest absolute Gasteiger partial charge is 0.228 e. The summed E-state index contributed by atoms with van der Waals surface area (Å²) >= 11 is 0. The monoisotopic (exact) mass is 297 g/mol. The summed E-state index contributed by atoms with van der Waals surface area (Å²) in [7, 11) is 0. The quantitative estimate of drug-likeness (QED) is 0.810. The molecule has 0 saturated carbocycles. The molecule has 0 atom stereocenters. The van der Waals surface area contributed by atoms with Crippen molar-refractivity contribution in [2.75, 3.05) is 5.32 Å². The number of carbonyl (C=O) groups is 1. The van der Waals surface area contributed by atoms with Gasteiger partial charge in [-0.05, 0) is 35.1 Å². The lowest BCUT2D eigenvalue weighted by atomic mass is 9.82. The van der Waals surface area contributed by atoms with Crippen molar-refractivity contribution < 1.29 is 9.90 Å². The number of carbonyl (C=O) groups excluding carboxylic acids is 1. The fourth-order valence-electron chi connectivity index (χ4n) is 2.24. The Morgan fingerprint density at radius 3 is 2.32 bits per heavy atom. The van der Waals surface area contributed by atoms with E-state index in [1.807, 2.05) is 12.1 Å². The summed E-state index contributed by atoms with van der Waals surface area (Å²) in [6.45, 7) is 6.60. The van der Waals surface area contributed by atoms with Gasteiger partial charge in [-0.3, -0.25) is 4.79 Å². The first-order valence-electron chi connectivity index (χ1n) is 7.59. The molecule has 0 unspecified atom stereocenters. The zero-order valence-corrected chi connectivity index (χ0v) is 13.4. The number of nitrogens with one attached hydrogen (secondary N) is 1. The first-order valence-corrected chi connectivity index (χ1v) is 7.59. The fraction of sp³-hybridized carbons (Fsp3) is 0.316. The summed E-state index contributed by atoms with van der Waals surface area (Å²) in [4.78, 5) is 12.0. The van der Waals surface area contributed by atoms with E-state index in [0.29, 0.717) is 12.1 Å². The molecule has 116 valence electrons. The molecule has 0 aromatic heterocycles. The van der Waals surface area contributed by atoms with Crippen LogP contribution in [0.5, 0.6) is 5.75 Å². The van der Waals surface area contributed by atoms with Crippen LogP contribution in [0.2, 0.25) is 0 Å². The maximum atomic E-state index is 12.0. The van der Waals surface area contributed by atoms with Gasteiger partial charge >= 0.3 is 0 Å². The second-order valence-electron chi connectivity index (χ2n) is 6.18. The lowest BCUT2D eigenvalue weighted by Crippen LogP contribution is -2.16. The van der Waals surface area contributed by atoms with Crippen LogP contribution in [0.1, 0.15) is 38.3 Å². The molecular formula is C19H23NO2. The standard InChI is InChI=1S/C19H23NO2/c1-4-19(2,3)15-11-9-14(10-12-15)13-18(22)20-16-7-5-6-8-17(16)21/h5-12,21H,4,13H2,1-3H3,(H,20,22). The van der Waals surface area contributed by atoms with Gasteiger partial charge in [-0.2, -0.15) is 0 Å². The minimum absolute atomic E-state index is 0.0795. The van der Waals surface area contributed by atoms with E-state index < -0.39 is 0 Å². The molecule has 2 rings (SSSR count). The zero-order chi connectivity index (χ0) is 16.2. The van der Waals surface area contributed by atoms with Crippen LogP contribution in [0.25, 0.3) is 0 Å². The number of para-hydroxylation sites is 2. The molecule has 3 nitrogen and oxygen atoms in total.